The number of hydrogen-bond acceptors (Lipinski definition) is 1. The van der Waals surface area contributed by atoms with Crippen molar-refractivity contribution in [3.05, 3.63) is 12.2 Å². The maximum Gasteiger partial charge on any atom is 0.223 e. The summed E-state index contributed by atoms with van der Waals surface area (Å²) in [6.07, 6.45) is 0.920. The molecule has 11 heavy (non-hydrogen) atoms. The van der Waals surface area contributed by atoms with Gasteiger partial charge in [-0.1, -0.05) is 19.1 Å². The molecule has 1 aliphatic rings. The third-order valence-electron chi connectivity index (χ3n) is 2.39. The Hall–Kier alpha value is -0.790. The van der Waals surface area contributed by atoms with Gasteiger partial charge in [0, 0.05) is 18.4 Å². The Morgan fingerprint density at radius 2 is 2.45 bits per heavy atom. The minimum Gasteiger partial charge on any atom is -0.355 e. The van der Waals surface area contributed by atoms with Crippen molar-refractivity contribution in [1.82, 2.24) is 5.32 Å². The van der Waals surface area contributed by atoms with Crippen LogP contribution in [0.15, 0.2) is 12.2 Å². The monoisotopic (exact) mass is 153 g/mol. The van der Waals surface area contributed by atoms with Crippen molar-refractivity contribution in [1.29, 1.82) is 0 Å². The Balaban J connectivity index is 2.68. The van der Waals surface area contributed by atoms with Crippen LogP contribution in [0.4, 0.5) is 0 Å². The first-order valence-electron chi connectivity index (χ1n) is 4.10. The fraction of sp³-hybridized carbons (Fsp3) is 0.667. The van der Waals surface area contributed by atoms with Gasteiger partial charge in [0.15, 0.2) is 0 Å². The first-order valence-corrected chi connectivity index (χ1v) is 4.10. The lowest BCUT2D eigenvalue weighted by Gasteiger charge is -2.13. The summed E-state index contributed by atoms with van der Waals surface area (Å²) in [5.74, 6) is 0.737. The molecule has 0 radical (unpaired) electrons. The van der Waals surface area contributed by atoms with Gasteiger partial charge in [0.25, 0.3) is 0 Å². The summed E-state index contributed by atoms with van der Waals surface area (Å²) in [6, 6.07) is 0. The molecular formula is C9H15NO. The highest BCUT2D eigenvalue weighted by molar-refractivity contribution is 5.81. The van der Waals surface area contributed by atoms with E-state index in [1.165, 1.54) is 0 Å². The fourth-order valence-electron chi connectivity index (χ4n) is 1.65. The van der Waals surface area contributed by atoms with Gasteiger partial charge >= 0.3 is 0 Å². The molecule has 62 valence electrons. The third kappa shape index (κ3) is 1.44. The molecule has 0 bridgehead atoms. The van der Waals surface area contributed by atoms with Crippen LogP contribution in [0.5, 0.6) is 0 Å². The van der Waals surface area contributed by atoms with Crippen LogP contribution in [0, 0.1) is 11.8 Å². The highest BCUT2D eigenvalue weighted by atomic mass is 16.2. The average molecular weight is 153 g/mol. The molecule has 1 saturated heterocycles. The first kappa shape index (κ1) is 8.31. The number of carbonyl (C=O) groups is 1. The zero-order chi connectivity index (χ0) is 8.43. The summed E-state index contributed by atoms with van der Waals surface area (Å²) in [6.45, 7) is 8.70. The largest absolute Gasteiger partial charge is 0.355 e. The Labute approximate surface area is 67.7 Å². The average Bonchev–Trinajstić information content (AvgIpc) is 2.30. The molecular weight excluding hydrogens is 138 g/mol. The van der Waals surface area contributed by atoms with Crippen molar-refractivity contribution in [2.45, 2.75) is 20.3 Å². The van der Waals surface area contributed by atoms with E-state index in [1.54, 1.807) is 0 Å². The molecule has 2 unspecified atom stereocenters. The van der Waals surface area contributed by atoms with E-state index in [2.05, 4.69) is 11.9 Å². The minimum atomic E-state index is 0.174. The summed E-state index contributed by atoms with van der Waals surface area (Å²) >= 11 is 0. The molecule has 0 aromatic rings. The van der Waals surface area contributed by atoms with E-state index in [9.17, 15) is 4.79 Å². The summed E-state index contributed by atoms with van der Waals surface area (Å²) < 4.78 is 0. The maximum atomic E-state index is 11.2. The van der Waals surface area contributed by atoms with Gasteiger partial charge in [-0.25, -0.2) is 0 Å². The van der Waals surface area contributed by atoms with E-state index < -0.39 is 0 Å². The van der Waals surface area contributed by atoms with E-state index in [-0.39, 0.29) is 11.8 Å². The summed E-state index contributed by atoms with van der Waals surface area (Å²) in [7, 11) is 0. The van der Waals surface area contributed by atoms with Crippen molar-refractivity contribution in [3.8, 4) is 0 Å². The van der Waals surface area contributed by atoms with Gasteiger partial charge in [0.05, 0.1) is 0 Å². The molecule has 0 spiro atoms. The van der Waals surface area contributed by atoms with Gasteiger partial charge in [-0.05, 0) is 13.3 Å². The molecule has 2 atom stereocenters. The van der Waals surface area contributed by atoms with Crippen LogP contribution in [0.25, 0.3) is 0 Å². The predicted molar refractivity (Wildman–Crippen MR) is 45.1 cm³/mol. The lowest BCUT2D eigenvalue weighted by Crippen LogP contribution is -2.18. The second-order valence-electron chi connectivity index (χ2n) is 3.21. The summed E-state index contributed by atoms with van der Waals surface area (Å²) in [5.41, 5.74) is 1.12. The van der Waals surface area contributed by atoms with Crippen molar-refractivity contribution in [2.75, 3.05) is 6.54 Å². The van der Waals surface area contributed by atoms with Crippen molar-refractivity contribution in [3.63, 3.8) is 0 Å². The molecule has 0 aliphatic carbocycles. The van der Waals surface area contributed by atoms with E-state index in [0.717, 1.165) is 18.5 Å². The Kier molecular flexibility index (Phi) is 2.32. The van der Waals surface area contributed by atoms with Crippen molar-refractivity contribution in [2.24, 2.45) is 11.8 Å². The molecule has 0 aromatic heterocycles. The normalized spacial score (nSPS) is 30.2. The van der Waals surface area contributed by atoms with Gasteiger partial charge in [0.2, 0.25) is 5.91 Å². The van der Waals surface area contributed by atoms with Gasteiger partial charge in [-0.2, -0.15) is 0 Å². The predicted octanol–water partition coefficient (Wildman–Crippen LogP) is 1.33. The fourth-order valence-corrected chi connectivity index (χ4v) is 1.65. The third-order valence-corrected chi connectivity index (χ3v) is 2.39. The molecule has 1 rings (SSSR count). The van der Waals surface area contributed by atoms with Gasteiger partial charge in [0.1, 0.15) is 0 Å². The maximum absolute atomic E-state index is 11.2. The number of amides is 1. The highest BCUT2D eigenvalue weighted by Crippen LogP contribution is 2.26. The second kappa shape index (κ2) is 3.07. The summed E-state index contributed by atoms with van der Waals surface area (Å²) in [5, 5.41) is 2.85. The van der Waals surface area contributed by atoms with Gasteiger partial charge in [-0.15, -0.1) is 0 Å². The summed E-state index contributed by atoms with van der Waals surface area (Å²) in [4.78, 5) is 11.2. The molecule has 1 N–H and O–H groups in total. The minimum absolute atomic E-state index is 0.174. The zero-order valence-corrected chi connectivity index (χ0v) is 7.18. The number of rotatable bonds is 2. The van der Waals surface area contributed by atoms with E-state index in [1.807, 2.05) is 13.8 Å². The molecule has 1 fully saturated rings. The van der Waals surface area contributed by atoms with Crippen LogP contribution in [0.1, 0.15) is 20.3 Å². The number of nitrogens with one attached hydrogen (secondary N) is 1. The molecule has 1 amide bonds. The number of hydrogen-bond donors (Lipinski definition) is 1. The Morgan fingerprint density at radius 3 is 2.82 bits per heavy atom. The van der Waals surface area contributed by atoms with Crippen molar-refractivity contribution < 1.29 is 4.79 Å². The van der Waals surface area contributed by atoms with Crippen LogP contribution in [0.2, 0.25) is 0 Å². The first-order chi connectivity index (χ1) is 5.16. The molecule has 0 aromatic carbocycles. The van der Waals surface area contributed by atoms with Crippen LogP contribution in [-0.4, -0.2) is 12.5 Å². The molecule has 0 saturated carbocycles. The molecule has 2 nitrogen and oxygen atoms in total. The SMILES string of the molecule is C=C(C)C1CNC(=O)C1CC. The van der Waals surface area contributed by atoms with E-state index in [0.29, 0.717) is 5.92 Å². The second-order valence-corrected chi connectivity index (χ2v) is 3.21. The van der Waals surface area contributed by atoms with Crippen LogP contribution < -0.4 is 5.32 Å². The topological polar surface area (TPSA) is 29.1 Å². The highest BCUT2D eigenvalue weighted by Gasteiger charge is 2.32. The van der Waals surface area contributed by atoms with Crippen LogP contribution in [-0.2, 0) is 4.79 Å². The van der Waals surface area contributed by atoms with E-state index in [4.69, 9.17) is 0 Å². The van der Waals surface area contributed by atoms with Crippen LogP contribution in [0.3, 0.4) is 0 Å². The Bertz CT molecular complexity index is 186. The Morgan fingerprint density at radius 1 is 1.82 bits per heavy atom. The standard InChI is InChI=1S/C9H15NO/c1-4-7-8(6(2)3)5-10-9(7)11/h7-8H,2,4-5H2,1,3H3,(H,10,11). The smallest absolute Gasteiger partial charge is 0.223 e. The lowest BCUT2D eigenvalue weighted by molar-refractivity contribution is -0.122. The molecule has 2 heteroatoms. The van der Waals surface area contributed by atoms with Crippen molar-refractivity contribution >= 4 is 5.91 Å². The molecule has 1 heterocycles. The zero-order valence-electron chi connectivity index (χ0n) is 7.18. The van der Waals surface area contributed by atoms with Gasteiger partial charge < -0.3 is 5.32 Å². The molecule has 1 aliphatic heterocycles. The number of carbonyl (C=O) groups excluding carboxylic acids is 1. The quantitative estimate of drug-likeness (QED) is 0.596. The van der Waals surface area contributed by atoms with Crippen LogP contribution >= 0.6 is 0 Å². The lowest BCUT2D eigenvalue weighted by atomic mass is 9.88. The van der Waals surface area contributed by atoms with Gasteiger partial charge in [-0.3, -0.25) is 4.79 Å². The van der Waals surface area contributed by atoms with E-state index >= 15 is 0 Å².